The molecule has 0 saturated carbocycles. The second-order valence-electron chi connectivity index (χ2n) is 7.87. The van der Waals surface area contributed by atoms with Gasteiger partial charge in [0.15, 0.2) is 0 Å². The van der Waals surface area contributed by atoms with Crippen molar-refractivity contribution in [1.82, 2.24) is 19.3 Å². The SMILES string of the molecule is Cn1[nH]c2cc(=O)n(Cc3cccc(N4CCCC4)n3)c(-c3ccc(Cl)cc3)c2c1=O. The van der Waals surface area contributed by atoms with Crippen LogP contribution in [0.15, 0.2) is 58.1 Å². The van der Waals surface area contributed by atoms with Gasteiger partial charge in [-0.3, -0.25) is 19.4 Å². The number of rotatable bonds is 4. The Labute approximate surface area is 183 Å². The van der Waals surface area contributed by atoms with Crippen molar-refractivity contribution in [3.05, 3.63) is 80.0 Å². The van der Waals surface area contributed by atoms with Crippen molar-refractivity contribution in [2.45, 2.75) is 19.4 Å². The highest BCUT2D eigenvalue weighted by Gasteiger charge is 2.19. The summed E-state index contributed by atoms with van der Waals surface area (Å²) < 4.78 is 3.01. The van der Waals surface area contributed by atoms with E-state index in [1.54, 1.807) is 23.7 Å². The number of fused-ring (bicyclic) bond motifs is 1. The van der Waals surface area contributed by atoms with Crippen LogP contribution in [0.4, 0.5) is 5.82 Å². The molecule has 3 aromatic heterocycles. The van der Waals surface area contributed by atoms with Gasteiger partial charge in [-0.15, -0.1) is 0 Å². The van der Waals surface area contributed by atoms with Gasteiger partial charge in [-0.1, -0.05) is 29.8 Å². The number of aryl methyl sites for hydroxylation is 1. The molecule has 0 amide bonds. The molecule has 5 rings (SSSR count). The van der Waals surface area contributed by atoms with Gasteiger partial charge in [0.25, 0.3) is 11.1 Å². The fraction of sp³-hybridized carbons (Fsp3) is 0.261. The molecule has 0 atom stereocenters. The first-order valence-electron chi connectivity index (χ1n) is 10.3. The zero-order valence-corrected chi connectivity index (χ0v) is 17.9. The number of nitrogens with one attached hydrogen (secondary N) is 1. The Morgan fingerprint density at radius 1 is 1.06 bits per heavy atom. The van der Waals surface area contributed by atoms with Crippen LogP contribution in [0.3, 0.4) is 0 Å². The Hall–Kier alpha value is -3.32. The molecule has 0 radical (unpaired) electrons. The van der Waals surface area contributed by atoms with Crippen LogP contribution in [-0.4, -0.2) is 32.4 Å². The highest BCUT2D eigenvalue weighted by molar-refractivity contribution is 6.30. The number of aromatic nitrogens is 4. The average molecular weight is 436 g/mol. The molecule has 158 valence electrons. The molecule has 1 aliphatic rings. The Balaban J connectivity index is 1.69. The summed E-state index contributed by atoms with van der Waals surface area (Å²) in [5.74, 6) is 0.926. The van der Waals surface area contributed by atoms with Crippen LogP contribution >= 0.6 is 11.6 Å². The number of hydrogen-bond donors (Lipinski definition) is 1. The molecule has 0 spiro atoms. The number of pyridine rings is 2. The van der Waals surface area contributed by atoms with Gasteiger partial charge in [0, 0.05) is 31.2 Å². The number of halogens is 1. The third kappa shape index (κ3) is 3.55. The zero-order valence-electron chi connectivity index (χ0n) is 17.1. The number of hydrogen-bond acceptors (Lipinski definition) is 4. The summed E-state index contributed by atoms with van der Waals surface area (Å²) in [4.78, 5) is 33.1. The van der Waals surface area contributed by atoms with Crippen LogP contribution in [0.5, 0.6) is 0 Å². The molecule has 7 nitrogen and oxygen atoms in total. The molecule has 4 aromatic rings. The van der Waals surface area contributed by atoms with Gasteiger partial charge in [0.05, 0.1) is 28.8 Å². The Kier molecular flexibility index (Phi) is 4.90. The van der Waals surface area contributed by atoms with Crippen molar-refractivity contribution in [2.75, 3.05) is 18.0 Å². The third-order valence-electron chi connectivity index (χ3n) is 5.78. The van der Waals surface area contributed by atoms with E-state index in [0.29, 0.717) is 21.6 Å². The van der Waals surface area contributed by atoms with Crippen LogP contribution in [0.1, 0.15) is 18.5 Å². The standard InChI is InChI=1S/C23H22ClN5O2/c1-27-23(31)21-18(26-27)13-20(30)29(22(21)15-7-9-16(24)10-8-15)14-17-5-4-6-19(25-17)28-11-2-3-12-28/h4-10,13,26H,2-3,11-12,14H2,1H3. The largest absolute Gasteiger partial charge is 0.357 e. The highest BCUT2D eigenvalue weighted by atomic mass is 35.5. The number of nitrogens with zero attached hydrogens (tertiary/aromatic N) is 4. The molecule has 1 aromatic carbocycles. The minimum absolute atomic E-state index is 0.188. The van der Waals surface area contributed by atoms with Gasteiger partial charge in [0.1, 0.15) is 5.82 Å². The minimum atomic E-state index is -0.201. The number of anilines is 1. The molecule has 31 heavy (non-hydrogen) atoms. The fourth-order valence-corrected chi connectivity index (χ4v) is 4.38. The van der Waals surface area contributed by atoms with Gasteiger partial charge in [-0.05, 0) is 42.7 Å². The summed E-state index contributed by atoms with van der Waals surface area (Å²) in [6.45, 7) is 2.26. The molecule has 0 bridgehead atoms. The van der Waals surface area contributed by atoms with Crippen LogP contribution in [0, 0.1) is 0 Å². The van der Waals surface area contributed by atoms with E-state index in [2.05, 4.69) is 10.00 Å². The summed E-state index contributed by atoms with van der Waals surface area (Å²) in [5.41, 5.74) is 2.21. The van der Waals surface area contributed by atoms with Gasteiger partial charge in [-0.25, -0.2) is 4.98 Å². The Morgan fingerprint density at radius 2 is 1.81 bits per heavy atom. The van der Waals surface area contributed by atoms with Crippen molar-refractivity contribution < 1.29 is 0 Å². The summed E-state index contributed by atoms with van der Waals surface area (Å²) in [5, 5.41) is 4.03. The van der Waals surface area contributed by atoms with Crippen molar-refractivity contribution in [3.63, 3.8) is 0 Å². The Morgan fingerprint density at radius 3 is 2.55 bits per heavy atom. The van der Waals surface area contributed by atoms with Gasteiger partial charge >= 0.3 is 0 Å². The van der Waals surface area contributed by atoms with Crippen LogP contribution < -0.4 is 16.0 Å². The number of aromatic amines is 1. The van der Waals surface area contributed by atoms with E-state index in [0.717, 1.165) is 30.2 Å². The molecule has 1 saturated heterocycles. The maximum absolute atomic E-state index is 13.1. The predicted octanol–water partition coefficient (Wildman–Crippen LogP) is 3.39. The maximum atomic E-state index is 13.1. The van der Waals surface area contributed by atoms with Gasteiger partial charge in [0.2, 0.25) is 0 Å². The lowest BCUT2D eigenvalue weighted by Gasteiger charge is -2.18. The quantitative estimate of drug-likeness (QED) is 0.533. The molecular formula is C23H22ClN5O2. The topological polar surface area (TPSA) is 75.9 Å². The van der Waals surface area contributed by atoms with Crippen LogP contribution in [0.2, 0.25) is 5.02 Å². The van der Waals surface area contributed by atoms with Crippen LogP contribution in [0.25, 0.3) is 22.2 Å². The van der Waals surface area contributed by atoms with Crippen molar-refractivity contribution in [1.29, 1.82) is 0 Å². The fourth-order valence-electron chi connectivity index (χ4n) is 4.25. The lowest BCUT2D eigenvalue weighted by Crippen LogP contribution is -2.24. The number of H-pyrrole nitrogens is 1. The van der Waals surface area contributed by atoms with E-state index in [1.807, 2.05) is 30.3 Å². The third-order valence-corrected chi connectivity index (χ3v) is 6.03. The van der Waals surface area contributed by atoms with E-state index in [4.69, 9.17) is 16.6 Å². The van der Waals surface area contributed by atoms with Crippen molar-refractivity contribution in [2.24, 2.45) is 7.05 Å². The second kappa shape index (κ2) is 7.74. The zero-order chi connectivity index (χ0) is 21.5. The maximum Gasteiger partial charge on any atom is 0.276 e. The molecule has 0 unspecified atom stereocenters. The lowest BCUT2D eigenvalue weighted by atomic mass is 10.1. The highest BCUT2D eigenvalue weighted by Crippen LogP contribution is 2.27. The molecule has 8 heteroatoms. The summed E-state index contributed by atoms with van der Waals surface area (Å²) >= 11 is 6.08. The van der Waals surface area contributed by atoms with Gasteiger partial charge < -0.3 is 9.47 Å². The van der Waals surface area contributed by atoms with E-state index in [-0.39, 0.29) is 17.7 Å². The lowest BCUT2D eigenvalue weighted by molar-refractivity contribution is 0.749. The van der Waals surface area contributed by atoms with E-state index < -0.39 is 0 Å². The average Bonchev–Trinajstić information content (AvgIpc) is 3.39. The molecule has 1 N–H and O–H groups in total. The first kappa shape index (κ1) is 19.6. The second-order valence-corrected chi connectivity index (χ2v) is 8.31. The van der Waals surface area contributed by atoms with Crippen LogP contribution in [-0.2, 0) is 13.6 Å². The summed E-state index contributed by atoms with van der Waals surface area (Å²) in [6, 6.07) is 14.5. The molecular weight excluding hydrogens is 414 g/mol. The van der Waals surface area contributed by atoms with Crippen molar-refractivity contribution >= 4 is 28.3 Å². The van der Waals surface area contributed by atoms with E-state index in [1.165, 1.54) is 23.6 Å². The molecule has 1 fully saturated rings. The van der Waals surface area contributed by atoms with E-state index in [9.17, 15) is 9.59 Å². The summed E-state index contributed by atoms with van der Waals surface area (Å²) in [6.07, 6.45) is 2.33. The number of benzene rings is 1. The smallest absolute Gasteiger partial charge is 0.276 e. The minimum Gasteiger partial charge on any atom is -0.357 e. The molecule has 1 aliphatic heterocycles. The van der Waals surface area contributed by atoms with Gasteiger partial charge in [-0.2, -0.15) is 0 Å². The Bertz CT molecular complexity index is 1380. The first-order chi connectivity index (χ1) is 15.0. The molecule has 4 heterocycles. The molecule has 0 aliphatic carbocycles. The summed E-state index contributed by atoms with van der Waals surface area (Å²) in [7, 11) is 1.64. The van der Waals surface area contributed by atoms with E-state index >= 15 is 0 Å². The first-order valence-corrected chi connectivity index (χ1v) is 10.7. The van der Waals surface area contributed by atoms with Crippen molar-refractivity contribution in [3.8, 4) is 11.3 Å². The predicted molar refractivity (Wildman–Crippen MR) is 123 cm³/mol. The normalized spacial score (nSPS) is 13.9. The monoisotopic (exact) mass is 435 g/mol.